The Labute approximate surface area is 451 Å². The van der Waals surface area contributed by atoms with Gasteiger partial charge in [-0.3, -0.25) is 4.57 Å². The SMILES string of the molecule is CC(C)(C)c1cc(Oc2ccc3c4ccccc4n(-c4cc(C(C)(C)c5ccccc5)ccn4)c3c2)cc(N2CN(c3cc(C(C)(C)c4ccccc4)cc(C(C)(C)c4ccccc4)c3)c3ccc(C(C)(C)C)cc32)c1. The van der Waals surface area contributed by atoms with Crippen molar-refractivity contribution in [1.29, 1.82) is 0 Å². The smallest absolute Gasteiger partial charge is 0.137 e. The lowest BCUT2D eigenvalue weighted by Gasteiger charge is -2.33. The summed E-state index contributed by atoms with van der Waals surface area (Å²) in [4.78, 5) is 10.1. The van der Waals surface area contributed by atoms with E-state index in [4.69, 9.17) is 9.72 Å². The zero-order chi connectivity index (χ0) is 53.4. The van der Waals surface area contributed by atoms with Gasteiger partial charge in [-0.1, -0.05) is 204 Å². The number of anilines is 4. The van der Waals surface area contributed by atoms with Crippen LogP contribution in [-0.4, -0.2) is 16.2 Å². The number of pyridine rings is 1. The quantitative estimate of drug-likeness (QED) is 0.129. The highest BCUT2D eigenvalue weighted by Gasteiger charge is 2.35. The molecular weight excluding hydrogens is 925 g/mol. The Hall–Kier alpha value is -7.89. The Morgan fingerprint density at radius 3 is 1.46 bits per heavy atom. The van der Waals surface area contributed by atoms with E-state index in [2.05, 4.69) is 298 Å². The molecule has 10 aromatic rings. The summed E-state index contributed by atoms with van der Waals surface area (Å²) in [6.07, 6.45) is 1.95. The van der Waals surface area contributed by atoms with Crippen LogP contribution in [0.1, 0.15) is 128 Å². The number of hydrogen-bond donors (Lipinski definition) is 0. The van der Waals surface area contributed by atoms with Crippen molar-refractivity contribution in [3.63, 3.8) is 0 Å². The zero-order valence-electron chi connectivity index (χ0n) is 46.5. The minimum absolute atomic E-state index is 0.0573. The van der Waals surface area contributed by atoms with Crippen LogP contribution < -0.4 is 14.5 Å². The van der Waals surface area contributed by atoms with Crippen molar-refractivity contribution in [3.05, 3.63) is 251 Å². The molecule has 0 saturated carbocycles. The van der Waals surface area contributed by atoms with Crippen LogP contribution in [0.4, 0.5) is 22.7 Å². The Balaban J connectivity index is 1.03. The molecule has 2 aromatic heterocycles. The average Bonchev–Trinajstić information content (AvgIpc) is 3.99. The third-order valence-electron chi connectivity index (χ3n) is 16.5. The van der Waals surface area contributed by atoms with Gasteiger partial charge in [-0.2, -0.15) is 0 Å². The number of para-hydroxylation sites is 1. The minimum atomic E-state index is -0.262. The molecule has 382 valence electrons. The van der Waals surface area contributed by atoms with E-state index in [0.717, 1.165) is 39.4 Å². The topological polar surface area (TPSA) is 33.5 Å². The average molecular weight is 997 g/mol. The molecule has 5 nitrogen and oxygen atoms in total. The lowest BCUT2D eigenvalue weighted by Crippen LogP contribution is -2.27. The van der Waals surface area contributed by atoms with Crippen molar-refractivity contribution in [1.82, 2.24) is 9.55 Å². The van der Waals surface area contributed by atoms with Gasteiger partial charge in [0.2, 0.25) is 0 Å². The fourth-order valence-electron chi connectivity index (χ4n) is 11.3. The van der Waals surface area contributed by atoms with Crippen LogP contribution in [0.2, 0.25) is 0 Å². The number of ether oxygens (including phenoxy) is 1. The van der Waals surface area contributed by atoms with Crippen LogP contribution in [0.5, 0.6) is 11.5 Å². The van der Waals surface area contributed by atoms with Gasteiger partial charge in [0.25, 0.3) is 0 Å². The Morgan fingerprint density at radius 2 is 0.868 bits per heavy atom. The second-order valence-electron chi connectivity index (χ2n) is 24.7. The second kappa shape index (κ2) is 18.7. The summed E-state index contributed by atoms with van der Waals surface area (Å²) in [5.41, 5.74) is 15.9. The summed E-state index contributed by atoms with van der Waals surface area (Å²) in [5, 5.41) is 2.32. The van der Waals surface area contributed by atoms with Gasteiger partial charge in [0.05, 0.1) is 22.4 Å². The third-order valence-corrected chi connectivity index (χ3v) is 16.5. The van der Waals surface area contributed by atoms with Crippen LogP contribution in [-0.2, 0) is 27.1 Å². The summed E-state index contributed by atoms with van der Waals surface area (Å²) < 4.78 is 9.43. The number of rotatable bonds is 11. The molecule has 0 N–H and O–H groups in total. The Kier molecular flexibility index (Phi) is 12.4. The summed E-state index contributed by atoms with van der Waals surface area (Å²) in [7, 11) is 0. The summed E-state index contributed by atoms with van der Waals surface area (Å²) >= 11 is 0. The molecule has 0 unspecified atom stereocenters. The van der Waals surface area contributed by atoms with E-state index in [-0.39, 0.29) is 27.1 Å². The molecule has 3 heterocycles. The molecule has 76 heavy (non-hydrogen) atoms. The van der Waals surface area contributed by atoms with Crippen LogP contribution in [0.3, 0.4) is 0 Å². The van der Waals surface area contributed by atoms with E-state index in [0.29, 0.717) is 6.67 Å². The molecule has 8 aromatic carbocycles. The van der Waals surface area contributed by atoms with Crippen LogP contribution >= 0.6 is 0 Å². The maximum Gasteiger partial charge on any atom is 0.137 e. The lowest BCUT2D eigenvalue weighted by molar-refractivity contribution is 0.479. The molecule has 0 saturated heterocycles. The molecule has 5 heteroatoms. The van der Waals surface area contributed by atoms with Gasteiger partial charge in [-0.25, -0.2) is 4.98 Å². The standard InChI is InChI=1S/C71H72N4O/c1-67(2,3)51-32-35-63-65(43-51)74(47-73(63)56-40-54(70(9,10)49-26-18-14-19-27-49)38-55(41-56)71(11,12)50-28-20-15-21-29-50)57-39-53(68(4,5)6)42-59(45-57)76-58-33-34-61-60-30-22-23-31-62(60)75(64(61)46-58)66-44-52(36-37-72-66)69(7,8)48-24-16-13-17-25-48/h13-46H,47H2,1-12H3. The fourth-order valence-corrected chi connectivity index (χ4v) is 11.3. The fraction of sp³-hybridized carbons (Fsp3) is 0.254. The van der Waals surface area contributed by atoms with E-state index in [9.17, 15) is 0 Å². The minimum Gasteiger partial charge on any atom is -0.457 e. The molecule has 11 rings (SSSR count). The first kappa shape index (κ1) is 50.3. The molecular formula is C71H72N4O. The highest BCUT2D eigenvalue weighted by atomic mass is 16.5. The van der Waals surface area contributed by atoms with E-state index < -0.39 is 0 Å². The van der Waals surface area contributed by atoms with E-state index >= 15 is 0 Å². The Morgan fingerprint density at radius 1 is 0.355 bits per heavy atom. The predicted octanol–water partition coefficient (Wildman–Crippen LogP) is 18.8. The summed E-state index contributed by atoms with van der Waals surface area (Å²) in [5.74, 6) is 2.43. The van der Waals surface area contributed by atoms with Gasteiger partial charge in [0.1, 0.15) is 24.0 Å². The highest BCUT2D eigenvalue weighted by molar-refractivity contribution is 6.09. The molecule has 1 aliphatic rings. The van der Waals surface area contributed by atoms with Gasteiger partial charge in [0, 0.05) is 56.7 Å². The van der Waals surface area contributed by atoms with Crippen molar-refractivity contribution in [2.45, 2.75) is 110 Å². The predicted molar refractivity (Wildman–Crippen MR) is 320 cm³/mol. The van der Waals surface area contributed by atoms with E-state index in [1.807, 2.05) is 6.20 Å². The van der Waals surface area contributed by atoms with Crippen molar-refractivity contribution >= 4 is 44.6 Å². The molecule has 0 radical (unpaired) electrons. The second-order valence-corrected chi connectivity index (χ2v) is 24.7. The van der Waals surface area contributed by atoms with Crippen molar-refractivity contribution in [2.24, 2.45) is 0 Å². The number of hydrogen-bond acceptors (Lipinski definition) is 4. The molecule has 0 spiro atoms. The number of aromatic nitrogens is 2. The zero-order valence-corrected chi connectivity index (χ0v) is 46.5. The van der Waals surface area contributed by atoms with Gasteiger partial charge in [-0.15, -0.1) is 0 Å². The van der Waals surface area contributed by atoms with Crippen LogP contribution in [0, 0.1) is 0 Å². The molecule has 0 fully saturated rings. The summed E-state index contributed by atoms with van der Waals surface area (Å²) in [6, 6.07) is 73.4. The number of benzene rings is 8. The van der Waals surface area contributed by atoms with Crippen LogP contribution in [0.25, 0.3) is 27.6 Å². The van der Waals surface area contributed by atoms with Crippen molar-refractivity contribution in [2.75, 3.05) is 16.5 Å². The first-order valence-electron chi connectivity index (χ1n) is 27.0. The van der Waals surface area contributed by atoms with Crippen LogP contribution in [0.15, 0.2) is 206 Å². The van der Waals surface area contributed by atoms with Gasteiger partial charge in [0.15, 0.2) is 0 Å². The van der Waals surface area contributed by atoms with E-state index in [1.165, 1.54) is 67.0 Å². The molecule has 0 aliphatic carbocycles. The molecule has 1 aliphatic heterocycles. The molecule has 0 amide bonds. The lowest BCUT2D eigenvalue weighted by atomic mass is 9.73. The van der Waals surface area contributed by atoms with Gasteiger partial charge in [-0.05, 0) is 122 Å². The maximum absolute atomic E-state index is 7.14. The normalized spacial score (nSPS) is 13.4. The van der Waals surface area contributed by atoms with Crippen molar-refractivity contribution in [3.8, 4) is 17.3 Å². The van der Waals surface area contributed by atoms with Crippen molar-refractivity contribution < 1.29 is 4.74 Å². The van der Waals surface area contributed by atoms with Gasteiger partial charge < -0.3 is 14.5 Å². The monoisotopic (exact) mass is 997 g/mol. The largest absolute Gasteiger partial charge is 0.457 e. The maximum atomic E-state index is 7.14. The Bertz CT molecular complexity index is 3690. The summed E-state index contributed by atoms with van der Waals surface area (Å²) in [6.45, 7) is 28.4. The number of fused-ring (bicyclic) bond motifs is 4. The molecule has 0 bridgehead atoms. The van der Waals surface area contributed by atoms with Gasteiger partial charge >= 0.3 is 0 Å². The number of nitrogens with zero attached hydrogens (tertiary/aromatic N) is 4. The highest BCUT2D eigenvalue weighted by Crippen LogP contribution is 2.50. The molecule has 0 atom stereocenters. The van der Waals surface area contributed by atoms with E-state index in [1.54, 1.807) is 0 Å². The third kappa shape index (κ3) is 9.14. The first-order chi connectivity index (χ1) is 36.2. The first-order valence-corrected chi connectivity index (χ1v) is 27.0.